The van der Waals surface area contributed by atoms with Gasteiger partial charge in [0.05, 0.1) is 5.69 Å². The Hall–Kier alpha value is -2.01. The Labute approximate surface area is 138 Å². The molecule has 1 fully saturated rings. The molecule has 5 heteroatoms. The van der Waals surface area contributed by atoms with E-state index in [0.29, 0.717) is 6.04 Å². The van der Waals surface area contributed by atoms with Crippen molar-refractivity contribution in [2.45, 2.75) is 38.8 Å². The summed E-state index contributed by atoms with van der Waals surface area (Å²) < 4.78 is 0. The number of pyridine rings is 1. The summed E-state index contributed by atoms with van der Waals surface area (Å²) >= 11 is 0. The molecule has 122 valence electrons. The van der Waals surface area contributed by atoms with E-state index in [4.69, 9.17) is 0 Å². The Morgan fingerprint density at radius 2 is 2.04 bits per heavy atom. The van der Waals surface area contributed by atoms with Gasteiger partial charge in [-0.1, -0.05) is 6.07 Å². The number of aryl methyl sites for hydroxylation is 1. The average molecular weight is 311 g/mol. The van der Waals surface area contributed by atoms with E-state index in [9.17, 15) is 0 Å². The minimum Gasteiger partial charge on any atom is -0.341 e. The third-order valence-corrected chi connectivity index (χ3v) is 4.52. The van der Waals surface area contributed by atoms with Gasteiger partial charge in [0, 0.05) is 43.8 Å². The van der Waals surface area contributed by atoms with Crippen LogP contribution in [0.3, 0.4) is 0 Å². The predicted molar refractivity (Wildman–Crippen MR) is 92.3 cm³/mol. The second kappa shape index (κ2) is 7.51. The van der Waals surface area contributed by atoms with Crippen LogP contribution in [-0.4, -0.2) is 46.0 Å². The molecule has 0 unspecified atom stereocenters. The van der Waals surface area contributed by atoms with Crippen molar-refractivity contribution < 1.29 is 0 Å². The van der Waals surface area contributed by atoms with E-state index < -0.39 is 0 Å². The molecular formula is C18H25N5. The van der Waals surface area contributed by atoms with Crippen molar-refractivity contribution in [2.24, 2.45) is 0 Å². The van der Waals surface area contributed by atoms with E-state index in [2.05, 4.69) is 43.9 Å². The molecular weight excluding hydrogens is 286 g/mol. The van der Waals surface area contributed by atoms with Gasteiger partial charge in [-0.2, -0.15) is 0 Å². The third kappa shape index (κ3) is 4.26. The standard InChI is InChI=1S/C18H25N5/c1-15-8-11-20-18(21-15)23-12-5-7-17(9-13-23)22(2)14-16-6-3-4-10-19-16/h3-4,6,8,10-11,17H,5,7,9,12-14H2,1-2H3/t17-/m1/s1. The van der Waals surface area contributed by atoms with Crippen LogP contribution in [0.15, 0.2) is 36.7 Å². The number of hydrogen-bond donors (Lipinski definition) is 0. The Bertz CT molecular complexity index is 616. The van der Waals surface area contributed by atoms with Crippen LogP contribution in [0.5, 0.6) is 0 Å². The molecule has 1 aliphatic rings. The molecule has 1 aliphatic heterocycles. The summed E-state index contributed by atoms with van der Waals surface area (Å²) in [7, 11) is 2.21. The summed E-state index contributed by atoms with van der Waals surface area (Å²) in [5.74, 6) is 0.873. The monoisotopic (exact) mass is 311 g/mol. The van der Waals surface area contributed by atoms with Crippen LogP contribution < -0.4 is 4.90 Å². The Morgan fingerprint density at radius 3 is 2.83 bits per heavy atom. The van der Waals surface area contributed by atoms with Crippen LogP contribution in [0.1, 0.15) is 30.7 Å². The van der Waals surface area contributed by atoms with Gasteiger partial charge in [-0.05, 0) is 51.4 Å². The smallest absolute Gasteiger partial charge is 0.225 e. The van der Waals surface area contributed by atoms with Gasteiger partial charge in [-0.25, -0.2) is 9.97 Å². The van der Waals surface area contributed by atoms with E-state index in [0.717, 1.165) is 43.4 Å². The Morgan fingerprint density at radius 1 is 1.13 bits per heavy atom. The maximum Gasteiger partial charge on any atom is 0.225 e. The van der Waals surface area contributed by atoms with Crippen molar-refractivity contribution in [3.8, 4) is 0 Å². The first kappa shape index (κ1) is 15.9. The third-order valence-electron chi connectivity index (χ3n) is 4.52. The zero-order valence-electron chi connectivity index (χ0n) is 14.0. The van der Waals surface area contributed by atoms with Crippen LogP contribution >= 0.6 is 0 Å². The lowest BCUT2D eigenvalue weighted by atomic mass is 10.1. The van der Waals surface area contributed by atoms with Crippen LogP contribution in [0.4, 0.5) is 5.95 Å². The van der Waals surface area contributed by atoms with E-state index >= 15 is 0 Å². The Balaban J connectivity index is 1.60. The van der Waals surface area contributed by atoms with Gasteiger partial charge in [-0.3, -0.25) is 9.88 Å². The van der Waals surface area contributed by atoms with Gasteiger partial charge in [0.25, 0.3) is 0 Å². The van der Waals surface area contributed by atoms with Crippen molar-refractivity contribution in [3.63, 3.8) is 0 Å². The number of hydrogen-bond acceptors (Lipinski definition) is 5. The zero-order chi connectivity index (χ0) is 16.1. The quantitative estimate of drug-likeness (QED) is 0.868. The molecule has 2 aromatic rings. The summed E-state index contributed by atoms with van der Waals surface area (Å²) in [6.07, 6.45) is 7.25. The molecule has 23 heavy (non-hydrogen) atoms. The highest BCUT2D eigenvalue weighted by atomic mass is 15.3. The average Bonchev–Trinajstić information content (AvgIpc) is 2.82. The number of rotatable bonds is 4. The first-order valence-electron chi connectivity index (χ1n) is 8.37. The number of aromatic nitrogens is 3. The summed E-state index contributed by atoms with van der Waals surface area (Å²) in [6, 6.07) is 8.66. The van der Waals surface area contributed by atoms with E-state index in [-0.39, 0.29) is 0 Å². The van der Waals surface area contributed by atoms with Crippen molar-refractivity contribution in [2.75, 3.05) is 25.0 Å². The van der Waals surface area contributed by atoms with Gasteiger partial charge < -0.3 is 4.90 Å². The second-order valence-electron chi connectivity index (χ2n) is 6.31. The van der Waals surface area contributed by atoms with Gasteiger partial charge in [0.1, 0.15) is 0 Å². The lowest BCUT2D eigenvalue weighted by Gasteiger charge is -2.27. The van der Waals surface area contributed by atoms with Gasteiger partial charge in [0.15, 0.2) is 0 Å². The van der Waals surface area contributed by atoms with Gasteiger partial charge >= 0.3 is 0 Å². The maximum atomic E-state index is 4.57. The molecule has 0 aromatic carbocycles. The van der Waals surface area contributed by atoms with E-state index in [1.165, 1.54) is 12.8 Å². The SMILES string of the molecule is Cc1ccnc(N2CCC[C@@H](N(C)Cc3ccccn3)CC2)n1. The maximum absolute atomic E-state index is 4.57. The molecule has 3 rings (SSSR count). The van der Waals surface area contributed by atoms with Crippen LogP contribution in [0.2, 0.25) is 0 Å². The van der Waals surface area contributed by atoms with Crippen LogP contribution in [-0.2, 0) is 6.54 Å². The molecule has 5 nitrogen and oxygen atoms in total. The van der Waals surface area contributed by atoms with Crippen molar-refractivity contribution in [1.82, 2.24) is 19.9 Å². The number of nitrogens with zero attached hydrogens (tertiary/aromatic N) is 5. The van der Waals surface area contributed by atoms with Crippen molar-refractivity contribution in [3.05, 3.63) is 48.0 Å². The summed E-state index contributed by atoms with van der Waals surface area (Å²) in [5, 5.41) is 0. The summed E-state index contributed by atoms with van der Waals surface area (Å²) in [6.45, 7) is 4.98. The minimum atomic E-state index is 0.590. The topological polar surface area (TPSA) is 45.2 Å². The molecule has 1 atom stereocenters. The fourth-order valence-corrected chi connectivity index (χ4v) is 3.18. The lowest BCUT2D eigenvalue weighted by molar-refractivity contribution is 0.215. The zero-order valence-corrected chi connectivity index (χ0v) is 14.0. The number of anilines is 1. The largest absolute Gasteiger partial charge is 0.341 e. The summed E-state index contributed by atoms with van der Waals surface area (Å²) in [5.41, 5.74) is 2.17. The van der Waals surface area contributed by atoms with Gasteiger partial charge in [-0.15, -0.1) is 0 Å². The van der Waals surface area contributed by atoms with E-state index in [1.54, 1.807) is 0 Å². The van der Waals surface area contributed by atoms with Gasteiger partial charge in [0.2, 0.25) is 5.95 Å². The van der Waals surface area contributed by atoms with Crippen molar-refractivity contribution >= 4 is 5.95 Å². The van der Waals surface area contributed by atoms with Crippen LogP contribution in [0, 0.1) is 6.92 Å². The molecule has 0 amide bonds. The Kier molecular flexibility index (Phi) is 5.18. The first-order valence-corrected chi connectivity index (χ1v) is 8.37. The molecule has 0 N–H and O–H groups in total. The molecule has 0 bridgehead atoms. The second-order valence-corrected chi connectivity index (χ2v) is 6.31. The highest BCUT2D eigenvalue weighted by molar-refractivity contribution is 5.30. The summed E-state index contributed by atoms with van der Waals surface area (Å²) in [4.78, 5) is 18.2. The lowest BCUT2D eigenvalue weighted by Crippen LogP contribution is -2.33. The molecule has 0 saturated carbocycles. The fourth-order valence-electron chi connectivity index (χ4n) is 3.18. The van der Waals surface area contributed by atoms with E-state index in [1.807, 2.05) is 31.5 Å². The highest BCUT2D eigenvalue weighted by Gasteiger charge is 2.22. The first-order chi connectivity index (χ1) is 11.2. The normalized spacial score (nSPS) is 18.9. The molecule has 0 aliphatic carbocycles. The fraction of sp³-hybridized carbons (Fsp3) is 0.500. The van der Waals surface area contributed by atoms with Crippen LogP contribution in [0.25, 0.3) is 0 Å². The van der Waals surface area contributed by atoms with Crippen molar-refractivity contribution in [1.29, 1.82) is 0 Å². The predicted octanol–water partition coefficient (Wildman–Crippen LogP) is 2.67. The molecule has 0 radical (unpaired) electrons. The molecule has 2 aromatic heterocycles. The molecule has 0 spiro atoms. The highest BCUT2D eigenvalue weighted by Crippen LogP contribution is 2.20. The molecule has 3 heterocycles. The minimum absolute atomic E-state index is 0.590. The molecule has 1 saturated heterocycles.